The van der Waals surface area contributed by atoms with Gasteiger partial charge in [0.2, 0.25) is 21.8 Å². The highest BCUT2D eigenvalue weighted by Gasteiger charge is 2.31. The van der Waals surface area contributed by atoms with Crippen LogP contribution in [0.25, 0.3) is 0 Å². The molecule has 0 radical (unpaired) electrons. The number of ether oxygens (including phenoxy) is 1. The minimum atomic E-state index is -3.76. The number of hydrogen-bond donors (Lipinski definition) is 1. The van der Waals surface area contributed by atoms with Gasteiger partial charge in [0, 0.05) is 12.6 Å². The highest BCUT2D eigenvalue weighted by molar-refractivity contribution is 7.92. The highest BCUT2D eigenvalue weighted by atomic mass is 32.2. The average molecular weight is 516 g/mol. The van der Waals surface area contributed by atoms with Crippen LogP contribution in [0, 0.1) is 13.8 Å². The van der Waals surface area contributed by atoms with Gasteiger partial charge >= 0.3 is 0 Å². The molecule has 8 nitrogen and oxygen atoms in total. The maximum atomic E-state index is 13.7. The number of carbonyl (C=O) groups is 2. The predicted octanol–water partition coefficient (Wildman–Crippen LogP) is 3.55. The molecule has 2 amide bonds. The Hall–Kier alpha value is -3.07. The fourth-order valence-corrected chi connectivity index (χ4v) is 5.28. The number of hydrogen-bond acceptors (Lipinski definition) is 5. The second-order valence-corrected chi connectivity index (χ2v) is 11.5. The summed E-state index contributed by atoms with van der Waals surface area (Å²) in [5.41, 5.74) is 3.14. The molecule has 0 saturated heterocycles. The van der Waals surface area contributed by atoms with Crippen LogP contribution in [0.15, 0.2) is 42.5 Å². The number of methoxy groups -OCH3 is 1. The van der Waals surface area contributed by atoms with E-state index < -0.39 is 28.5 Å². The predicted molar refractivity (Wildman–Crippen MR) is 142 cm³/mol. The van der Waals surface area contributed by atoms with Gasteiger partial charge in [-0.05, 0) is 74.6 Å². The topological polar surface area (TPSA) is 96.0 Å². The number of aryl methyl sites for hydroxylation is 2. The Morgan fingerprint density at radius 1 is 1.08 bits per heavy atom. The van der Waals surface area contributed by atoms with Crippen molar-refractivity contribution in [2.45, 2.75) is 65.1 Å². The fourth-order valence-electron chi connectivity index (χ4n) is 4.44. The van der Waals surface area contributed by atoms with Crippen LogP contribution in [-0.4, -0.2) is 57.1 Å². The third-order valence-electron chi connectivity index (χ3n) is 6.81. The van der Waals surface area contributed by atoms with E-state index in [0.717, 1.165) is 52.9 Å². The van der Waals surface area contributed by atoms with Crippen molar-refractivity contribution in [3.05, 3.63) is 59.2 Å². The van der Waals surface area contributed by atoms with Gasteiger partial charge in [-0.1, -0.05) is 31.0 Å². The number of rotatable bonds is 10. The summed E-state index contributed by atoms with van der Waals surface area (Å²) in [7, 11) is -2.20. The Labute approximate surface area is 214 Å². The van der Waals surface area contributed by atoms with Gasteiger partial charge in [-0.15, -0.1) is 0 Å². The zero-order valence-electron chi connectivity index (χ0n) is 21.8. The van der Waals surface area contributed by atoms with Crippen molar-refractivity contribution in [3.8, 4) is 5.75 Å². The Balaban J connectivity index is 1.90. The van der Waals surface area contributed by atoms with Crippen LogP contribution >= 0.6 is 0 Å². The minimum Gasteiger partial charge on any atom is -0.497 e. The molecule has 2 aromatic carbocycles. The summed E-state index contributed by atoms with van der Waals surface area (Å²) in [6, 6.07) is 11.9. The zero-order valence-corrected chi connectivity index (χ0v) is 22.6. The molecule has 1 N–H and O–H groups in total. The van der Waals surface area contributed by atoms with Gasteiger partial charge in [0.05, 0.1) is 19.1 Å². The largest absolute Gasteiger partial charge is 0.497 e. The van der Waals surface area contributed by atoms with Gasteiger partial charge in [0.1, 0.15) is 18.3 Å². The van der Waals surface area contributed by atoms with Gasteiger partial charge in [-0.25, -0.2) is 8.42 Å². The first-order valence-corrected chi connectivity index (χ1v) is 14.1. The first-order valence-electron chi connectivity index (χ1n) is 12.3. The van der Waals surface area contributed by atoms with E-state index in [4.69, 9.17) is 4.74 Å². The molecule has 196 valence electrons. The zero-order chi connectivity index (χ0) is 26.5. The average Bonchev–Trinajstić information content (AvgIpc) is 3.34. The Morgan fingerprint density at radius 3 is 2.39 bits per heavy atom. The Morgan fingerprint density at radius 2 is 1.78 bits per heavy atom. The normalized spacial score (nSPS) is 14.8. The van der Waals surface area contributed by atoms with Crippen LogP contribution in [-0.2, 0) is 26.2 Å². The Bertz CT molecular complexity index is 1190. The first-order chi connectivity index (χ1) is 17.0. The summed E-state index contributed by atoms with van der Waals surface area (Å²) in [5.74, 6) is -0.0679. The summed E-state index contributed by atoms with van der Waals surface area (Å²) in [4.78, 5) is 28.3. The first kappa shape index (κ1) is 27.5. The molecule has 1 fully saturated rings. The van der Waals surface area contributed by atoms with Gasteiger partial charge in [-0.3, -0.25) is 13.9 Å². The van der Waals surface area contributed by atoms with E-state index in [-0.39, 0.29) is 18.5 Å². The van der Waals surface area contributed by atoms with Crippen LogP contribution in [0.1, 0.15) is 49.3 Å². The molecule has 9 heteroatoms. The number of anilines is 1. The van der Waals surface area contributed by atoms with Crippen molar-refractivity contribution >= 4 is 27.5 Å². The molecule has 36 heavy (non-hydrogen) atoms. The lowest BCUT2D eigenvalue weighted by Gasteiger charge is -2.32. The second kappa shape index (κ2) is 11.8. The van der Waals surface area contributed by atoms with Crippen LogP contribution in [0.4, 0.5) is 5.69 Å². The molecular formula is C27H37N3O5S. The van der Waals surface area contributed by atoms with Crippen molar-refractivity contribution < 1.29 is 22.7 Å². The number of amides is 2. The van der Waals surface area contributed by atoms with Crippen molar-refractivity contribution in [2.75, 3.05) is 24.2 Å². The molecule has 1 unspecified atom stereocenters. The number of benzene rings is 2. The second-order valence-electron chi connectivity index (χ2n) is 9.58. The SMILES string of the molecule is COc1cccc(CN(C(=O)CN(c2ccc(C)c(C)c2)S(C)(=O)=O)C(C)C(=O)NC2CCCC2)c1. The van der Waals surface area contributed by atoms with E-state index in [2.05, 4.69) is 5.32 Å². The van der Waals surface area contributed by atoms with Gasteiger partial charge in [0.15, 0.2) is 0 Å². The van der Waals surface area contributed by atoms with Gasteiger partial charge in [0.25, 0.3) is 0 Å². The fraction of sp³-hybridized carbons (Fsp3) is 0.481. The van der Waals surface area contributed by atoms with E-state index >= 15 is 0 Å². The van der Waals surface area contributed by atoms with E-state index in [1.54, 1.807) is 38.3 Å². The number of nitrogens with zero attached hydrogens (tertiary/aromatic N) is 2. The summed E-state index contributed by atoms with van der Waals surface area (Å²) in [6.07, 6.45) is 5.09. The minimum absolute atomic E-state index is 0.108. The van der Waals surface area contributed by atoms with Crippen molar-refractivity contribution in [1.82, 2.24) is 10.2 Å². The molecule has 2 aromatic rings. The summed E-state index contributed by atoms with van der Waals surface area (Å²) < 4.78 is 31.9. The van der Waals surface area contributed by atoms with E-state index in [9.17, 15) is 18.0 Å². The maximum Gasteiger partial charge on any atom is 0.244 e. The van der Waals surface area contributed by atoms with E-state index in [0.29, 0.717) is 11.4 Å². The summed E-state index contributed by atoms with van der Waals surface area (Å²) in [6.45, 7) is 5.25. The highest BCUT2D eigenvalue weighted by Crippen LogP contribution is 2.23. The molecule has 1 aliphatic rings. The Kier molecular flexibility index (Phi) is 9.00. The molecule has 1 aliphatic carbocycles. The third kappa shape index (κ3) is 7.00. The van der Waals surface area contributed by atoms with Crippen molar-refractivity contribution in [2.24, 2.45) is 0 Å². The standard InChI is InChI=1S/C27H37N3O5S/c1-19-13-14-24(15-20(19)2)30(36(5,33)34)18-26(31)29(17-22-9-8-12-25(16-22)35-4)21(3)27(32)28-23-10-6-7-11-23/h8-9,12-16,21,23H,6-7,10-11,17-18H2,1-5H3,(H,28,32). The van der Waals surface area contributed by atoms with Crippen LogP contribution in [0.5, 0.6) is 5.75 Å². The van der Waals surface area contributed by atoms with Crippen LogP contribution in [0.2, 0.25) is 0 Å². The monoisotopic (exact) mass is 515 g/mol. The van der Waals surface area contributed by atoms with Crippen molar-refractivity contribution in [1.29, 1.82) is 0 Å². The number of carbonyl (C=O) groups excluding carboxylic acids is 2. The van der Waals surface area contributed by atoms with Crippen molar-refractivity contribution in [3.63, 3.8) is 0 Å². The van der Waals surface area contributed by atoms with E-state index in [1.165, 1.54) is 4.90 Å². The molecule has 0 aliphatic heterocycles. The lowest BCUT2D eigenvalue weighted by atomic mass is 10.1. The molecule has 1 saturated carbocycles. The molecule has 3 rings (SSSR count). The smallest absolute Gasteiger partial charge is 0.244 e. The van der Waals surface area contributed by atoms with E-state index in [1.807, 2.05) is 32.0 Å². The van der Waals surface area contributed by atoms with Crippen LogP contribution < -0.4 is 14.4 Å². The number of sulfonamides is 1. The molecule has 0 spiro atoms. The summed E-state index contributed by atoms with van der Waals surface area (Å²) >= 11 is 0. The molecular weight excluding hydrogens is 478 g/mol. The lowest BCUT2D eigenvalue weighted by molar-refractivity contribution is -0.139. The molecule has 0 aromatic heterocycles. The molecule has 0 bridgehead atoms. The third-order valence-corrected chi connectivity index (χ3v) is 7.95. The number of nitrogens with one attached hydrogen (secondary N) is 1. The van der Waals surface area contributed by atoms with Crippen LogP contribution in [0.3, 0.4) is 0 Å². The lowest BCUT2D eigenvalue weighted by Crippen LogP contribution is -2.52. The maximum absolute atomic E-state index is 13.7. The molecule has 1 atom stereocenters. The summed E-state index contributed by atoms with van der Waals surface area (Å²) in [5, 5.41) is 3.06. The van der Waals surface area contributed by atoms with Gasteiger partial charge in [-0.2, -0.15) is 0 Å². The molecule has 0 heterocycles. The van der Waals surface area contributed by atoms with Gasteiger partial charge < -0.3 is 15.0 Å². The quantitative estimate of drug-likeness (QED) is 0.522.